The number of anilines is 1. The van der Waals surface area contributed by atoms with Gasteiger partial charge in [-0.2, -0.15) is 0 Å². The summed E-state index contributed by atoms with van der Waals surface area (Å²) in [6.07, 6.45) is 2.21. The van der Waals surface area contributed by atoms with Crippen molar-refractivity contribution in [2.75, 3.05) is 16.9 Å². The maximum atomic E-state index is 12.0. The lowest BCUT2D eigenvalue weighted by molar-refractivity contribution is -0.113. The predicted octanol–water partition coefficient (Wildman–Crippen LogP) is 2.56. The fourth-order valence-electron chi connectivity index (χ4n) is 2.07. The molecule has 1 heterocycles. The van der Waals surface area contributed by atoms with Crippen LogP contribution in [0, 0.1) is 6.92 Å². The van der Waals surface area contributed by atoms with Crippen LogP contribution in [0.2, 0.25) is 5.02 Å². The molecule has 0 unspecified atom stereocenters. The number of rotatable bonds is 5. The Morgan fingerprint density at radius 1 is 1.50 bits per heavy atom. The van der Waals surface area contributed by atoms with E-state index in [0.29, 0.717) is 21.8 Å². The molecule has 0 aliphatic heterocycles. The molecule has 22 heavy (non-hydrogen) atoms. The number of hydrogen-bond acceptors (Lipinski definition) is 5. The van der Waals surface area contributed by atoms with Crippen molar-refractivity contribution in [3.05, 3.63) is 34.6 Å². The summed E-state index contributed by atoms with van der Waals surface area (Å²) < 4.78 is 1.49. The molecular weight excluding hydrogens is 322 g/mol. The van der Waals surface area contributed by atoms with E-state index in [9.17, 15) is 4.79 Å². The zero-order valence-corrected chi connectivity index (χ0v) is 13.6. The minimum absolute atomic E-state index is 0.133. The highest BCUT2D eigenvalue weighted by atomic mass is 35.5. The molecule has 1 fully saturated rings. The highest BCUT2D eigenvalue weighted by Gasteiger charge is 2.30. The maximum absolute atomic E-state index is 12.0. The van der Waals surface area contributed by atoms with Crippen LogP contribution in [0.1, 0.15) is 30.1 Å². The largest absolute Gasteiger partial charge is 0.336 e. The van der Waals surface area contributed by atoms with Gasteiger partial charge < -0.3 is 11.2 Å². The Kier molecular flexibility index (Phi) is 4.26. The van der Waals surface area contributed by atoms with Gasteiger partial charge in [-0.25, -0.2) is 4.68 Å². The number of nitrogens with one attached hydrogen (secondary N) is 1. The number of nitrogens with zero attached hydrogens (tertiary/aromatic N) is 3. The Hall–Kier alpha value is -1.73. The molecule has 1 saturated carbocycles. The van der Waals surface area contributed by atoms with Gasteiger partial charge in [0.25, 0.3) is 0 Å². The number of carbonyl (C=O) groups excluding carboxylic acids is 1. The highest BCUT2D eigenvalue weighted by Crippen LogP contribution is 2.39. The van der Waals surface area contributed by atoms with Crippen LogP contribution in [0.15, 0.2) is 23.4 Å². The van der Waals surface area contributed by atoms with E-state index in [4.69, 9.17) is 17.4 Å². The van der Waals surface area contributed by atoms with Crippen LogP contribution in [-0.4, -0.2) is 26.5 Å². The summed E-state index contributed by atoms with van der Waals surface area (Å²) in [4.78, 5) is 12.0. The fraction of sp³-hybridized carbons (Fsp3) is 0.357. The van der Waals surface area contributed by atoms with E-state index in [1.165, 1.54) is 16.4 Å². The third-order valence-electron chi connectivity index (χ3n) is 3.51. The Morgan fingerprint density at radius 3 is 3.00 bits per heavy atom. The molecule has 8 heteroatoms. The zero-order chi connectivity index (χ0) is 15.7. The number of benzene rings is 1. The van der Waals surface area contributed by atoms with E-state index in [2.05, 4.69) is 15.5 Å². The first-order chi connectivity index (χ1) is 10.6. The lowest BCUT2D eigenvalue weighted by atomic mass is 10.2. The number of nitrogens with two attached hydrogens (primary N) is 1. The number of thioether (sulfide) groups is 1. The molecule has 1 amide bonds. The van der Waals surface area contributed by atoms with Gasteiger partial charge in [0.15, 0.2) is 5.82 Å². The molecule has 3 N–H and O–H groups in total. The number of halogens is 1. The highest BCUT2D eigenvalue weighted by molar-refractivity contribution is 7.99. The van der Waals surface area contributed by atoms with Crippen LogP contribution in [0.25, 0.3) is 0 Å². The van der Waals surface area contributed by atoms with E-state index in [1.54, 1.807) is 12.1 Å². The third kappa shape index (κ3) is 3.20. The first-order valence-corrected chi connectivity index (χ1v) is 8.30. The van der Waals surface area contributed by atoms with Gasteiger partial charge in [-0.1, -0.05) is 29.4 Å². The van der Waals surface area contributed by atoms with Crippen LogP contribution in [-0.2, 0) is 4.79 Å². The normalized spacial score (nSPS) is 14.1. The van der Waals surface area contributed by atoms with Gasteiger partial charge in [-0.15, -0.1) is 10.2 Å². The fourth-order valence-corrected chi connectivity index (χ4v) is 2.90. The lowest BCUT2D eigenvalue weighted by Gasteiger charge is -2.09. The first kappa shape index (κ1) is 15.2. The predicted molar refractivity (Wildman–Crippen MR) is 87.7 cm³/mol. The lowest BCUT2D eigenvalue weighted by Crippen LogP contribution is -2.17. The Labute approximate surface area is 137 Å². The van der Waals surface area contributed by atoms with Crippen molar-refractivity contribution < 1.29 is 4.79 Å². The van der Waals surface area contributed by atoms with E-state index >= 15 is 0 Å². The molecule has 2 aromatic rings. The summed E-state index contributed by atoms with van der Waals surface area (Å²) in [5, 5.41) is 12.1. The van der Waals surface area contributed by atoms with E-state index in [1.807, 2.05) is 13.0 Å². The molecule has 1 aromatic heterocycles. The molecular formula is C14H16ClN5OS. The van der Waals surface area contributed by atoms with Crippen LogP contribution in [0.5, 0.6) is 0 Å². The Morgan fingerprint density at radius 2 is 2.27 bits per heavy atom. The average Bonchev–Trinajstić information content (AvgIpc) is 3.26. The smallest absolute Gasteiger partial charge is 0.234 e. The molecule has 1 aliphatic carbocycles. The summed E-state index contributed by atoms with van der Waals surface area (Å²) in [5.74, 6) is 7.26. The number of nitrogen functional groups attached to an aromatic ring is 1. The minimum Gasteiger partial charge on any atom is -0.336 e. The van der Waals surface area contributed by atoms with Gasteiger partial charge in [-0.3, -0.25) is 4.79 Å². The standard InChI is InChI=1S/C14H16ClN5OS/c1-8-10(15)3-2-4-11(8)17-12(21)7-22-14-19-18-13(20(14)16)9-5-6-9/h2-4,9H,5-7,16H2,1H3,(H,17,21). The average molecular weight is 338 g/mol. The molecule has 0 saturated heterocycles. The van der Waals surface area contributed by atoms with Crippen molar-refractivity contribution in [3.8, 4) is 0 Å². The van der Waals surface area contributed by atoms with E-state index < -0.39 is 0 Å². The van der Waals surface area contributed by atoms with Gasteiger partial charge in [0, 0.05) is 16.6 Å². The molecule has 0 spiro atoms. The van der Waals surface area contributed by atoms with Crippen molar-refractivity contribution in [1.82, 2.24) is 14.9 Å². The quantitative estimate of drug-likeness (QED) is 0.647. The van der Waals surface area contributed by atoms with E-state index in [-0.39, 0.29) is 11.7 Å². The van der Waals surface area contributed by atoms with Crippen molar-refractivity contribution in [2.45, 2.75) is 30.8 Å². The number of amides is 1. The topological polar surface area (TPSA) is 85.8 Å². The zero-order valence-electron chi connectivity index (χ0n) is 12.0. The van der Waals surface area contributed by atoms with Crippen molar-refractivity contribution in [3.63, 3.8) is 0 Å². The van der Waals surface area contributed by atoms with Crippen molar-refractivity contribution in [2.24, 2.45) is 0 Å². The molecule has 3 rings (SSSR count). The SMILES string of the molecule is Cc1c(Cl)cccc1NC(=O)CSc1nnc(C2CC2)n1N. The molecule has 6 nitrogen and oxygen atoms in total. The third-order valence-corrected chi connectivity index (χ3v) is 4.86. The molecule has 0 bridgehead atoms. The summed E-state index contributed by atoms with van der Waals surface area (Å²) in [5.41, 5.74) is 1.56. The Balaban J connectivity index is 1.59. The summed E-state index contributed by atoms with van der Waals surface area (Å²) in [7, 11) is 0. The molecule has 116 valence electrons. The van der Waals surface area contributed by atoms with Gasteiger partial charge in [0.05, 0.1) is 5.75 Å². The van der Waals surface area contributed by atoms with Crippen LogP contribution < -0.4 is 11.2 Å². The summed E-state index contributed by atoms with van der Waals surface area (Å²) >= 11 is 7.30. The maximum Gasteiger partial charge on any atom is 0.234 e. The first-order valence-electron chi connectivity index (χ1n) is 6.94. The van der Waals surface area contributed by atoms with E-state index in [0.717, 1.165) is 24.2 Å². The number of aromatic nitrogens is 3. The second kappa shape index (κ2) is 6.18. The molecule has 1 aliphatic rings. The minimum atomic E-state index is -0.133. The monoisotopic (exact) mass is 337 g/mol. The van der Waals surface area contributed by atoms with Gasteiger partial charge >= 0.3 is 0 Å². The summed E-state index contributed by atoms with van der Waals surface area (Å²) in [6, 6.07) is 5.41. The van der Waals surface area contributed by atoms with Crippen molar-refractivity contribution >= 4 is 35.0 Å². The number of hydrogen-bond donors (Lipinski definition) is 2. The van der Waals surface area contributed by atoms with Crippen molar-refractivity contribution in [1.29, 1.82) is 0 Å². The second-order valence-corrected chi connectivity index (χ2v) is 6.58. The molecule has 0 atom stereocenters. The molecule has 1 aromatic carbocycles. The van der Waals surface area contributed by atoms with Gasteiger partial charge in [0.2, 0.25) is 11.1 Å². The van der Waals surface area contributed by atoms with Crippen LogP contribution in [0.3, 0.4) is 0 Å². The van der Waals surface area contributed by atoms with Crippen LogP contribution >= 0.6 is 23.4 Å². The number of carbonyl (C=O) groups is 1. The Bertz CT molecular complexity index is 713. The van der Waals surface area contributed by atoms with Crippen LogP contribution in [0.4, 0.5) is 5.69 Å². The molecule has 0 radical (unpaired) electrons. The van der Waals surface area contributed by atoms with Gasteiger partial charge in [0.1, 0.15) is 0 Å². The second-order valence-electron chi connectivity index (χ2n) is 5.23. The van der Waals surface area contributed by atoms with Gasteiger partial charge in [-0.05, 0) is 37.5 Å². The summed E-state index contributed by atoms with van der Waals surface area (Å²) in [6.45, 7) is 1.86.